The molecule has 1 N–H and O–H groups in total. The van der Waals surface area contributed by atoms with Gasteiger partial charge >= 0.3 is 0 Å². The number of amides is 1. The van der Waals surface area contributed by atoms with E-state index in [1.807, 2.05) is 30.0 Å². The minimum Gasteiger partial charge on any atom is -0.396 e. The maximum atomic E-state index is 13.1. The van der Waals surface area contributed by atoms with Crippen LogP contribution >= 0.6 is 11.8 Å². The van der Waals surface area contributed by atoms with E-state index in [2.05, 4.69) is 11.9 Å². The van der Waals surface area contributed by atoms with Gasteiger partial charge in [-0.25, -0.2) is 4.98 Å². The maximum Gasteiger partial charge on any atom is 0.262 e. The van der Waals surface area contributed by atoms with E-state index in [0.717, 1.165) is 25.8 Å². The average molecular weight is 404 g/mol. The van der Waals surface area contributed by atoms with Gasteiger partial charge in [0.05, 0.1) is 16.2 Å². The van der Waals surface area contributed by atoms with E-state index >= 15 is 0 Å². The summed E-state index contributed by atoms with van der Waals surface area (Å²) in [6.07, 6.45) is 4.74. The Labute approximate surface area is 170 Å². The van der Waals surface area contributed by atoms with Crippen molar-refractivity contribution in [2.75, 3.05) is 13.2 Å². The Balaban J connectivity index is 1.89. The van der Waals surface area contributed by atoms with Gasteiger partial charge in [0.15, 0.2) is 5.16 Å². The third kappa shape index (κ3) is 4.41. The smallest absolute Gasteiger partial charge is 0.262 e. The van der Waals surface area contributed by atoms with Gasteiger partial charge in [-0.2, -0.15) is 0 Å². The average Bonchev–Trinajstić information content (AvgIpc) is 2.73. The van der Waals surface area contributed by atoms with Crippen LogP contribution in [0.1, 0.15) is 46.0 Å². The Morgan fingerprint density at radius 1 is 1.36 bits per heavy atom. The van der Waals surface area contributed by atoms with Crippen molar-refractivity contribution in [1.29, 1.82) is 0 Å². The predicted molar refractivity (Wildman–Crippen MR) is 113 cm³/mol. The van der Waals surface area contributed by atoms with Gasteiger partial charge in [0.25, 0.3) is 5.56 Å². The van der Waals surface area contributed by atoms with Crippen LogP contribution < -0.4 is 5.56 Å². The lowest BCUT2D eigenvalue weighted by Gasteiger charge is -2.36. The second-order valence-electron chi connectivity index (χ2n) is 7.30. The molecule has 1 aliphatic heterocycles. The molecule has 2 aromatic rings. The number of hydrogen-bond acceptors (Lipinski definition) is 5. The zero-order chi connectivity index (χ0) is 20.1. The van der Waals surface area contributed by atoms with E-state index in [4.69, 9.17) is 0 Å². The zero-order valence-corrected chi connectivity index (χ0v) is 17.5. The van der Waals surface area contributed by atoms with Crippen molar-refractivity contribution in [3.05, 3.63) is 34.6 Å². The van der Waals surface area contributed by atoms with Gasteiger partial charge in [-0.3, -0.25) is 14.2 Å². The third-order valence-corrected chi connectivity index (χ3v) is 6.46. The number of fused-ring (bicyclic) bond motifs is 1. The maximum absolute atomic E-state index is 13.1. The first-order valence-electron chi connectivity index (χ1n) is 10.1. The quantitative estimate of drug-likeness (QED) is 0.568. The number of carbonyl (C=O) groups is 1. The first-order valence-corrected chi connectivity index (χ1v) is 11.0. The highest BCUT2D eigenvalue weighted by molar-refractivity contribution is 8.00. The van der Waals surface area contributed by atoms with Gasteiger partial charge in [-0.1, -0.05) is 30.8 Å². The summed E-state index contributed by atoms with van der Waals surface area (Å²) in [5.41, 5.74) is 0.518. The number of piperidine rings is 1. The summed E-state index contributed by atoms with van der Waals surface area (Å²) in [6, 6.07) is 7.58. The number of carbonyl (C=O) groups excluding carboxylic acids is 1. The van der Waals surface area contributed by atoms with E-state index in [1.54, 1.807) is 10.6 Å². The highest BCUT2D eigenvalue weighted by atomic mass is 32.2. The van der Waals surface area contributed by atoms with Crippen molar-refractivity contribution < 1.29 is 9.90 Å². The molecule has 1 aromatic heterocycles. The van der Waals surface area contributed by atoms with Crippen LogP contribution in [0.2, 0.25) is 0 Å². The van der Waals surface area contributed by atoms with Crippen LogP contribution in [-0.4, -0.2) is 49.9 Å². The SMILES string of the molecule is CCC1CCCCN1C(=O)C(C)Sc1nc2ccccc2c(=O)n1CCCO. The molecule has 2 atom stereocenters. The molecule has 2 unspecified atom stereocenters. The zero-order valence-electron chi connectivity index (χ0n) is 16.6. The Morgan fingerprint density at radius 2 is 2.14 bits per heavy atom. The molecule has 1 aromatic carbocycles. The summed E-state index contributed by atoms with van der Waals surface area (Å²) >= 11 is 1.34. The molecular weight excluding hydrogens is 374 g/mol. The van der Waals surface area contributed by atoms with Crippen molar-refractivity contribution in [3.63, 3.8) is 0 Å². The van der Waals surface area contributed by atoms with Gasteiger partial charge in [0.2, 0.25) is 5.91 Å². The van der Waals surface area contributed by atoms with Crippen LogP contribution in [0.3, 0.4) is 0 Å². The van der Waals surface area contributed by atoms with Gasteiger partial charge in [-0.15, -0.1) is 0 Å². The minimum absolute atomic E-state index is 0.00379. The number of nitrogens with zero attached hydrogens (tertiary/aromatic N) is 3. The molecule has 0 aliphatic carbocycles. The van der Waals surface area contributed by atoms with Crippen LogP contribution in [0.4, 0.5) is 0 Å². The van der Waals surface area contributed by atoms with Gasteiger partial charge < -0.3 is 10.0 Å². The van der Waals surface area contributed by atoms with Crippen molar-refractivity contribution >= 4 is 28.6 Å². The molecular formula is C21H29N3O3S. The van der Waals surface area contributed by atoms with Crippen molar-refractivity contribution in [2.24, 2.45) is 0 Å². The molecule has 0 radical (unpaired) electrons. The van der Waals surface area contributed by atoms with E-state index in [-0.39, 0.29) is 23.3 Å². The molecule has 3 rings (SSSR count). The Hall–Kier alpha value is -1.86. The number of aliphatic hydroxyl groups is 1. The van der Waals surface area contributed by atoms with Crippen LogP contribution in [0.5, 0.6) is 0 Å². The summed E-state index contributed by atoms with van der Waals surface area (Å²) < 4.78 is 1.60. The standard InChI is InChI=1S/C21H29N3O3S/c1-3-16-9-6-7-12-23(16)19(26)15(2)28-21-22-18-11-5-4-10-17(18)20(27)24(21)13-8-14-25/h4-5,10-11,15-16,25H,3,6-9,12-14H2,1-2H3. The normalized spacial score (nSPS) is 18.4. The number of rotatable bonds is 7. The lowest BCUT2D eigenvalue weighted by Crippen LogP contribution is -2.46. The molecule has 1 fully saturated rings. The molecule has 6 nitrogen and oxygen atoms in total. The number of benzene rings is 1. The highest BCUT2D eigenvalue weighted by Gasteiger charge is 2.30. The molecule has 7 heteroatoms. The third-order valence-electron chi connectivity index (χ3n) is 5.38. The first-order chi connectivity index (χ1) is 13.6. The Morgan fingerprint density at radius 3 is 2.89 bits per heavy atom. The monoisotopic (exact) mass is 403 g/mol. The van der Waals surface area contributed by atoms with Gasteiger partial charge in [0.1, 0.15) is 0 Å². The lowest BCUT2D eigenvalue weighted by atomic mass is 10.00. The van der Waals surface area contributed by atoms with Crippen LogP contribution in [0.25, 0.3) is 10.9 Å². The van der Waals surface area contributed by atoms with Gasteiger partial charge in [0, 0.05) is 25.7 Å². The van der Waals surface area contributed by atoms with E-state index in [9.17, 15) is 14.7 Å². The molecule has 2 heterocycles. The highest BCUT2D eigenvalue weighted by Crippen LogP contribution is 2.27. The molecule has 152 valence electrons. The number of hydrogen-bond donors (Lipinski definition) is 1. The summed E-state index contributed by atoms with van der Waals surface area (Å²) in [5.74, 6) is 0.118. The van der Waals surface area contributed by atoms with Gasteiger partial charge in [-0.05, 0) is 51.2 Å². The molecule has 0 bridgehead atoms. The lowest BCUT2D eigenvalue weighted by molar-refractivity contribution is -0.134. The predicted octanol–water partition coefficient (Wildman–Crippen LogP) is 3.05. The second-order valence-corrected chi connectivity index (χ2v) is 8.60. The van der Waals surface area contributed by atoms with Crippen molar-refractivity contribution in [2.45, 2.75) is 68.9 Å². The topological polar surface area (TPSA) is 75.4 Å². The number of thioether (sulfide) groups is 1. The van der Waals surface area contributed by atoms with Crippen LogP contribution in [-0.2, 0) is 11.3 Å². The van der Waals surface area contributed by atoms with Crippen LogP contribution in [0, 0.1) is 0 Å². The Kier molecular flexibility index (Phi) is 7.13. The second kappa shape index (κ2) is 9.56. The molecule has 0 saturated carbocycles. The molecule has 1 aliphatic rings. The van der Waals surface area contributed by atoms with Crippen LogP contribution in [0.15, 0.2) is 34.2 Å². The van der Waals surface area contributed by atoms with Crippen molar-refractivity contribution in [1.82, 2.24) is 14.5 Å². The fraction of sp³-hybridized carbons (Fsp3) is 0.571. The summed E-state index contributed by atoms with van der Waals surface area (Å²) in [7, 11) is 0. The minimum atomic E-state index is -0.319. The number of aliphatic hydroxyl groups excluding tert-OH is 1. The molecule has 28 heavy (non-hydrogen) atoms. The molecule has 0 spiro atoms. The van der Waals surface area contributed by atoms with E-state index < -0.39 is 0 Å². The summed E-state index contributed by atoms with van der Waals surface area (Å²) in [6.45, 7) is 5.23. The molecule has 1 amide bonds. The first kappa shape index (κ1) is 20.9. The van der Waals surface area contributed by atoms with E-state index in [0.29, 0.717) is 35.1 Å². The number of likely N-dealkylation sites (tertiary alicyclic amines) is 1. The van der Waals surface area contributed by atoms with Crippen molar-refractivity contribution in [3.8, 4) is 0 Å². The molecule has 1 saturated heterocycles. The fourth-order valence-electron chi connectivity index (χ4n) is 3.82. The Bertz CT molecular complexity index is 883. The number of para-hydroxylation sites is 1. The fourth-order valence-corrected chi connectivity index (χ4v) is 4.83. The summed E-state index contributed by atoms with van der Waals surface area (Å²) in [4.78, 5) is 32.7. The number of aromatic nitrogens is 2. The largest absolute Gasteiger partial charge is 0.396 e. The summed E-state index contributed by atoms with van der Waals surface area (Å²) in [5, 5.41) is 10.0. The van der Waals surface area contributed by atoms with E-state index in [1.165, 1.54) is 18.2 Å².